The summed E-state index contributed by atoms with van der Waals surface area (Å²) < 4.78 is 33.9. The van der Waals surface area contributed by atoms with Crippen molar-refractivity contribution in [3.8, 4) is 5.75 Å². The molecule has 1 amide bonds. The highest BCUT2D eigenvalue weighted by molar-refractivity contribution is 7.89. The van der Waals surface area contributed by atoms with Crippen LogP contribution < -0.4 is 10.2 Å². The van der Waals surface area contributed by atoms with Crippen molar-refractivity contribution < 1.29 is 17.9 Å². The molecule has 0 radical (unpaired) electrons. The Bertz CT molecular complexity index is 1520. The monoisotopic (exact) mass is 561 g/mol. The fraction of sp³-hybridized carbons (Fsp3) is 0.133. The number of rotatable bonds is 11. The smallest absolute Gasteiger partial charge is 0.255 e. The Morgan fingerprint density at radius 3 is 2.28 bits per heavy atom. The second-order valence-electron chi connectivity index (χ2n) is 8.82. The Balaban J connectivity index is 1.46. The zero-order valence-electron chi connectivity index (χ0n) is 21.3. The van der Waals surface area contributed by atoms with E-state index >= 15 is 0 Å². The normalized spacial score (nSPS) is 11.6. The van der Waals surface area contributed by atoms with Crippen molar-refractivity contribution in [2.24, 2.45) is 5.10 Å². The van der Waals surface area contributed by atoms with Gasteiger partial charge < -0.3 is 4.74 Å². The molecule has 0 aliphatic heterocycles. The molecule has 0 atom stereocenters. The number of hydrazone groups is 1. The molecule has 39 heavy (non-hydrogen) atoms. The summed E-state index contributed by atoms with van der Waals surface area (Å²) in [5, 5.41) is 4.47. The minimum Gasteiger partial charge on any atom is -0.488 e. The van der Waals surface area contributed by atoms with E-state index in [0.29, 0.717) is 22.9 Å². The van der Waals surface area contributed by atoms with Gasteiger partial charge in [0, 0.05) is 17.1 Å². The summed E-state index contributed by atoms with van der Waals surface area (Å²) >= 11 is 5.94. The third kappa shape index (κ3) is 8.00. The number of nitrogens with zero attached hydrogens (tertiary/aromatic N) is 2. The van der Waals surface area contributed by atoms with Gasteiger partial charge in [0.15, 0.2) is 0 Å². The molecule has 0 saturated heterocycles. The third-order valence-electron chi connectivity index (χ3n) is 5.80. The molecular weight excluding hydrogens is 534 g/mol. The number of amides is 1. The number of para-hydroxylation sites is 1. The number of sulfonamides is 1. The summed E-state index contributed by atoms with van der Waals surface area (Å²) in [5.74, 6) is 0.0178. The zero-order chi connectivity index (χ0) is 27.7. The Hall–Kier alpha value is -3.98. The van der Waals surface area contributed by atoms with Gasteiger partial charge in [-0.05, 0) is 54.4 Å². The number of ether oxygens (including phenoxy) is 1. The molecule has 200 valence electrons. The fourth-order valence-corrected chi connectivity index (χ4v) is 5.21. The van der Waals surface area contributed by atoms with Gasteiger partial charge in [0.25, 0.3) is 5.91 Å². The maximum absolute atomic E-state index is 13.4. The van der Waals surface area contributed by atoms with Gasteiger partial charge in [0.05, 0.1) is 17.7 Å². The van der Waals surface area contributed by atoms with E-state index in [0.717, 1.165) is 21.0 Å². The molecule has 1 N–H and O–H groups in total. The first-order valence-corrected chi connectivity index (χ1v) is 14.0. The first-order valence-electron chi connectivity index (χ1n) is 12.2. The van der Waals surface area contributed by atoms with E-state index < -0.39 is 22.5 Å². The highest BCUT2D eigenvalue weighted by atomic mass is 35.5. The van der Waals surface area contributed by atoms with E-state index in [9.17, 15) is 13.2 Å². The average Bonchev–Trinajstić information content (AvgIpc) is 2.94. The van der Waals surface area contributed by atoms with E-state index in [1.54, 1.807) is 0 Å². The van der Waals surface area contributed by atoms with Crippen LogP contribution in [0, 0.1) is 6.92 Å². The average molecular weight is 562 g/mol. The van der Waals surface area contributed by atoms with Crippen LogP contribution in [-0.2, 0) is 28.0 Å². The Morgan fingerprint density at radius 2 is 1.56 bits per heavy atom. The molecule has 0 spiro atoms. The van der Waals surface area contributed by atoms with Gasteiger partial charge in [-0.2, -0.15) is 9.41 Å². The Kier molecular flexibility index (Phi) is 9.49. The van der Waals surface area contributed by atoms with Gasteiger partial charge in [-0.3, -0.25) is 4.79 Å². The van der Waals surface area contributed by atoms with Gasteiger partial charge in [0.1, 0.15) is 12.4 Å². The second-order valence-corrected chi connectivity index (χ2v) is 11.2. The first-order chi connectivity index (χ1) is 18.8. The van der Waals surface area contributed by atoms with E-state index in [1.165, 1.54) is 30.5 Å². The lowest BCUT2D eigenvalue weighted by molar-refractivity contribution is -0.121. The summed E-state index contributed by atoms with van der Waals surface area (Å²) in [6.07, 6.45) is 1.47. The molecule has 0 saturated carbocycles. The molecule has 0 fully saturated rings. The van der Waals surface area contributed by atoms with E-state index in [4.69, 9.17) is 16.3 Å². The van der Waals surface area contributed by atoms with Crippen LogP contribution in [-0.4, -0.2) is 31.4 Å². The standard InChI is InChI=1S/C30H28ClN3O4S/c1-23-11-13-24(14-12-23)20-34(39(36,37)28-17-15-27(31)16-18-28)21-30(35)33-32-19-26-9-5-6-10-29(26)38-22-25-7-3-2-4-8-25/h2-19H,20-22H2,1H3,(H,33,35)/b32-19-. The van der Waals surface area contributed by atoms with Gasteiger partial charge in [-0.25, -0.2) is 13.8 Å². The number of hydrogen-bond acceptors (Lipinski definition) is 5. The molecule has 4 aromatic carbocycles. The molecule has 0 aromatic heterocycles. The molecule has 9 heteroatoms. The molecule has 0 unspecified atom stereocenters. The summed E-state index contributed by atoms with van der Waals surface area (Å²) in [6.45, 7) is 1.91. The lowest BCUT2D eigenvalue weighted by Crippen LogP contribution is -2.39. The largest absolute Gasteiger partial charge is 0.488 e. The SMILES string of the molecule is Cc1ccc(CN(CC(=O)N/N=C\c2ccccc2OCc2ccccc2)S(=O)(=O)c2ccc(Cl)cc2)cc1. The molecular formula is C30H28ClN3O4S. The molecule has 0 aliphatic carbocycles. The lowest BCUT2D eigenvalue weighted by atomic mass is 10.1. The van der Waals surface area contributed by atoms with Crippen molar-refractivity contribution in [3.05, 3.63) is 130 Å². The van der Waals surface area contributed by atoms with Gasteiger partial charge >= 0.3 is 0 Å². The van der Waals surface area contributed by atoms with Gasteiger partial charge in [-0.1, -0.05) is 83.9 Å². The minimum atomic E-state index is -4.00. The summed E-state index contributed by atoms with van der Waals surface area (Å²) in [6, 6.07) is 30.4. The van der Waals surface area contributed by atoms with Crippen LogP contribution in [0.1, 0.15) is 22.3 Å². The highest BCUT2D eigenvalue weighted by Gasteiger charge is 2.27. The van der Waals surface area contributed by atoms with Crippen molar-refractivity contribution in [1.29, 1.82) is 0 Å². The zero-order valence-corrected chi connectivity index (χ0v) is 22.9. The van der Waals surface area contributed by atoms with Crippen molar-refractivity contribution in [3.63, 3.8) is 0 Å². The van der Waals surface area contributed by atoms with Crippen LogP contribution in [0.3, 0.4) is 0 Å². The number of halogens is 1. The number of hydrogen-bond donors (Lipinski definition) is 1. The van der Waals surface area contributed by atoms with Crippen LogP contribution >= 0.6 is 11.6 Å². The topological polar surface area (TPSA) is 88.1 Å². The maximum Gasteiger partial charge on any atom is 0.255 e. The fourth-order valence-electron chi connectivity index (χ4n) is 3.70. The number of carbonyl (C=O) groups is 1. The van der Waals surface area contributed by atoms with Crippen molar-refractivity contribution in [2.45, 2.75) is 25.0 Å². The number of carbonyl (C=O) groups excluding carboxylic acids is 1. The Labute approximate surface area is 233 Å². The Morgan fingerprint density at radius 1 is 0.897 bits per heavy atom. The highest BCUT2D eigenvalue weighted by Crippen LogP contribution is 2.21. The molecule has 7 nitrogen and oxygen atoms in total. The van der Waals surface area contributed by atoms with Crippen molar-refractivity contribution in [2.75, 3.05) is 6.54 Å². The molecule has 0 aliphatic rings. The van der Waals surface area contributed by atoms with E-state index in [2.05, 4.69) is 10.5 Å². The molecule has 4 aromatic rings. The van der Waals surface area contributed by atoms with Crippen LogP contribution in [0.15, 0.2) is 113 Å². The summed E-state index contributed by atoms with van der Waals surface area (Å²) in [5.41, 5.74) is 5.92. The van der Waals surface area contributed by atoms with Gasteiger partial charge in [0.2, 0.25) is 10.0 Å². The van der Waals surface area contributed by atoms with Crippen molar-refractivity contribution >= 4 is 33.7 Å². The number of aryl methyl sites for hydroxylation is 1. The van der Waals surface area contributed by atoms with Crippen LogP contribution in [0.5, 0.6) is 5.75 Å². The first kappa shape index (κ1) is 28.0. The van der Waals surface area contributed by atoms with Crippen molar-refractivity contribution in [1.82, 2.24) is 9.73 Å². The minimum absolute atomic E-state index is 0.0124. The lowest BCUT2D eigenvalue weighted by Gasteiger charge is -2.21. The van der Waals surface area contributed by atoms with Crippen LogP contribution in [0.4, 0.5) is 0 Å². The molecule has 4 rings (SSSR count). The second kappa shape index (κ2) is 13.2. The van der Waals surface area contributed by atoms with E-state index in [1.807, 2.05) is 85.8 Å². The quantitative estimate of drug-likeness (QED) is 0.192. The predicted molar refractivity (Wildman–Crippen MR) is 153 cm³/mol. The van der Waals surface area contributed by atoms with E-state index in [-0.39, 0.29) is 11.4 Å². The predicted octanol–water partition coefficient (Wildman–Crippen LogP) is 5.57. The summed E-state index contributed by atoms with van der Waals surface area (Å²) in [4.78, 5) is 12.9. The third-order valence-corrected chi connectivity index (χ3v) is 7.86. The summed E-state index contributed by atoms with van der Waals surface area (Å²) in [7, 11) is -4.00. The molecule has 0 heterocycles. The van der Waals surface area contributed by atoms with Gasteiger partial charge in [-0.15, -0.1) is 0 Å². The number of nitrogens with one attached hydrogen (secondary N) is 1. The number of benzene rings is 4. The van der Waals surface area contributed by atoms with Crippen LogP contribution in [0.2, 0.25) is 5.02 Å². The maximum atomic E-state index is 13.4. The van der Waals surface area contributed by atoms with Crippen LogP contribution in [0.25, 0.3) is 0 Å². The molecule has 0 bridgehead atoms.